The van der Waals surface area contributed by atoms with E-state index in [1.165, 1.54) is 18.3 Å². The summed E-state index contributed by atoms with van der Waals surface area (Å²) < 4.78 is 20.9. The van der Waals surface area contributed by atoms with Gasteiger partial charge in [-0.15, -0.1) is 0 Å². The molecule has 0 saturated heterocycles. The first-order valence-electron chi connectivity index (χ1n) is 8.71. The molecule has 7 nitrogen and oxygen atoms in total. The molecule has 1 fully saturated rings. The van der Waals surface area contributed by atoms with Crippen LogP contribution in [0.5, 0.6) is 0 Å². The van der Waals surface area contributed by atoms with Crippen LogP contribution >= 0.6 is 0 Å². The number of anilines is 1. The molecule has 0 bridgehead atoms. The molecule has 1 aliphatic rings. The Kier molecular flexibility index (Phi) is 4.91. The number of halogens is 1. The van der Waals surface area contributed by atoms with Gasteiger partial charge in [0.05, 0.1) is 17.4 Å². The fraction of sp³-hybridized carbons (Fsp3) is 0.421. The fourth-order valence-corrected chi connectivity index (χ4v) is 2.81. The Bertz CT molecular complexity index is 872. The molecule has 1 aromatic carbocycles. The number of hydrogen-bond donors (Lipinski definition) is 2. The summed E-state index contributed by atoms with van der Waals surface area (Å²) in [6, 6.07) is 4.36. The predicted molar refractivity (Wildman–Crippen MR) is 98.1 cm³/mol. The normalized spacial score (nSPS) is 18.7. The molecule has 2 atom stereocenters. The third kappa shape index (κ3) is 4.84. The zero-order valence-electron chi connectivity index (χ0n) is 15.7. The number of ether oxygens (including phenoxy) is 1. The summed E-state index contributed by atoms with van der Waals surface area (Å²) in [5.41, 5.74) is 0.679. The van der Waals surface area contributed by atoms with Crippen LogP contribution in [0.3, 0.4) is 0 Å². The van der Waals surface area contributed by atoms with Gasteiger partial charge in [0.15, 0.2) is 0 Å². The summed E-state index contributed by atoms with van der Waals surface area (Å²) in [5, 5.41) is 9.38. The molecule has 2 aromatic rings. The molecule has 1 aromatic heterocycles. The third-order valence-corrected chi connectivity index (χ3v) is 4.12. The Morgan fingerprint density at radius 3 is 2.70 bits per heavy atom. The van der Waals surface area contributed by atoms with Crippen LogP contribution in [0.2, 0.25) is 0 Å². The lowest BCUT2D eigenvalue weighted by Gasteiger charge is -2.19. The maximum Gasteiger partial charge on any atom is 0.407 e. The number of hydrogen-bond acceptors (Lipinski definition) is 4. The number of carbonyl (C=O) groups excluding carboxylic acids is 2. The highest BCUT2D eigenvalue weighted by Crippen LogP contribution is 2.41. The lowest BCUT2D eigenvalue weighted by atomic mass is 10.1. The van der Waals surface area contributed by atoms with E-state index in [9.17, 15) is 14.0 Å². The maximum atomic E-state index is 14.1. The summed E-state index contributed by atoms with van der Waals surface area (Å²) in [6.45, 7) is 5.39. The largest absolute Gasteiger partial charge is 0.444 e. The highest BCUT2D eigenvalue weighted by molar-refractivity contribution is 6.04. The quantitative estimate of drug-likeness (QED) is 0.861. The number of nitrogens with zero attached hydrogens (tertiary/aromatic N) is 2. The van der Waals surface area contributed by atoms with Gasteiger partial charge in [-0.1, -0.05) is 6.07 Å². The van der Waals surface area contributed by atoms with Crippen molar-refractivity contribution in [1.82, 2.24) is 15.1 Å². The van der Waals surface area contributed by atoms with E-state index in [4.69, 9.17) is 4.74 Å². The molecule has 0 spiro atoms. The zero-order valence-corrected chi connectivity index (χ0v) is 15.7. The third-order valence-electron chi connectivity index (χ3n) is 4.12. The number of benzene rings is 1. The molecule has 1 aliphatic carbocycles. The molecular weight excluding hydrogens is 351 g/mol. The van der Waals surface area contributed by atoms with Crippen LogP contribution in [0.15, 0.2) is 30.6 Å². The van der Waals surface area contributed by atoms with Gasteiger partial charge in [0.25, 0.3) is 5.91 Å². The van der Waals surface area contributed by atoms with E-state index in [2.05, 4.69) is 15.7 Å². The number of alkyl carbamates (subject to hydrolysis) is 1. The molecule has 3 rings (SSSR count). The highest BCUT2D eigenvalue weighted by Gasteiger charge is 2.40. The molecule has 1 saturated carbocycles. The molecule has 2 amide bonds. The van der Waals surface area contributed by atoms with Gasteiger partial charge in [-0.3, -0.25) is 9.48 Å². The van der Waals surface area contributed by atoms with Crippen LogP contribution in [0.25, 0.3) is 0 Å². The van der Waals surface area contributed by atoms with Crippen molar-refractivity contribution in [2.75, 3.05) is 5.32 Å². The van der Waals surface area contributed by atoms with Crippen molar-refractivity contribution in [3.63, 3.8) is 0 Å². The molecule has 27 heavy (non-hydrogen) atoms. The van der Waals surface area contributed by atoms with Crippen molar-refractivity contribution in [3.05, 3.63) is 47.5 Å². The van der Waals surface area contributed by atoms with Crippen LogP contribution in [-0.2, 0) is 11.8 Å². The van der Waals surface area contributed by atoms with E-state index in [-0.39, 0.29) is 17.5 Å². The molecule has 0 unspecified atom stereocenters. The van der Waals surface area contributed by atoms with Crippen LogP contribution in [0.4, 0.5) is 14.9 Å². The minimum absolute atomic E-state index is 0.0306. The topological polar surface area (TPSA) is 85.2 Å². The summed E-state index contributed by atoms with van der Waals surface area (Å²) in [7, 11) is 1.72. The Hall–Kier alpha value is -2.90. The van der Waals surface area contributed by atoms with Gasteiger partial charge in [0.2, 0.25) is 0 Å². The number of rotatable bonds is 4. The molecule has 144 valence electrons. The minimum atomic E-state index is -0.600. The van der Waals surface area contributed by atoms with Crippen molar-refractivity contribution >= 4 is 17.7 Å². The van der Waals surface area contributed by atoms with Crippen LogP contribution < -0.4 is 10.6 Å². The second-order valence-corrected chi connectivity index (χ2v) is 7.69. The van der Waals surface area contributed by atoms with E-state index in [1.807, 2.05) is 0 Å². The summed E-state index contributed by atoms with van der Waals surface area (Å²) in [5.74, 6) is -1.11. The lowest BCUT2D eigenvalue weighted by Crippen LogP contribution is -2.34. The van der Waals surface area contributed by atoms with E-state index in [0.29, 0.717) is 12.1 Å². The number of carbonyl (C=O) groups is 2. The molecular formula is C19H23FN4O3. The Labute approximate surface area is 156 Å². The predicted octanol–water partition coefficient (Wildman–Crippen LogP) is 3.19. The van der Waals surface area contributed by atoms with Crippen LogP contribution in [0.1, 0.15) is 49.0 Å². The number of amides is 2. The Morgan fingerprint density at radius 2 is 2.07 bits per heavy atom. The fourth-order valence-electron chi connectivity index (χ4n) is 2.81. The zero-order chi connectivity index (χ0) is 19.8. The Morgan fingerprint density at radius 1 is 1.33 bits per heavy atom. The first-order valence-corrected chi connectivity index (χ1v) is 8.71. The monoisotopic (exact) mass is 374 g/mol. The van der Waals surface area contributed by atoms with Gasteiger partial charge in [-0.05, 0) is 44.9 Å². The average Bonchev–Trinajstić information content (AvgIpc) is 3.18. The highest BCUT2D eigenvalue weighted by atomic mass is 19.1. The molecule has 0 aliphatic heterocycles. The van der Waals surface area contributed by atoms with Crippen molar-refractivity contribution in [2.24, 2.45) is 7.05 Å². The molecule has 1 heterocycles. The lowest BCUT2D eigenvalue weighted by molar-refractivity contribution is 0.0522. The van der Waals surface area contributed by atoms with Crippen molar-refractivity contribution in [2.45, 2.75) is 44.8 Å². The van der Waals surface area contributed by atoms with E-state index < -0.39 is 23.4 Å². The molecule has 8 heteroatoms. The second-order valence-electron chi connectivity index (χ2n) is 7.69. The van der Waals surface area contributed by atoms with Crippen LogP contribution in [0, 0.1) is 5.82 Å². The smallest absolute Gasteiger partial charge is 0.407 e. The SMILES string of the molecule is Cn1cc(NC(=O)c2cc([C@@H]3C[C@H]3NC(=O)OC(C)(C)C)ccc2F)cn1. The van der Waals surface area contributed by atoms with E-state index in [1.54, 1.807) is 44.8 Å². The van der Waals surface area contributed by atoms with Gasteiger partial charge in [0.1, 0.15) is 11.4 Å². The van der Waals surface area contributed by atoms with E-state index >= 15 is 0 Å². The number of aryl methyl sites for hydroxylation is 1. The first-order chi connectivity index (χ1) is 12.6. The van der Waals surface area contributed by atoms with E-state index in [0.717, 1.165) is 5.56 Å². The van der Waals surface area contributed by atoms with Crippen molar-refractivity contribution in [1.29, 1.82) is 0 Å². The van der Waals surface area contributed by atoms with Gasteiger partial charge < -0.3 is 15.4 Å². The maximum absolute atomic E-state index is 14.1. The van der Waals surface area contributed by atoms with Gasteiger partial charge in [0, 0.05) is 25.2 Å². The molecule has 0 radical (unpaired) electrons. The standard InChI is InChI=1S/C19H23FN4O3/c1-19(2,3)27-18(26)23-16-8-13(16)11-5-6-15(20)14(7-11)17(25)22-12-9-21-24(4)10-12/h5-7,9-10,13,16H,8H2,1-4H3,(H,22,25)(H,23,26)/t13-,16+/m0/s1. The second kappa shape index (κ2) is 7.02. The van der Waals surface area contributed by atoms with Crippen LogP contribution in [-0.4, -0.2) is 33.4 Å². The van der Waals surface area contributed by atoms with Gasteiger partial charge in [-0.25, -0.2) is 9.18 Å². The van der Waals surface area contributed by atoms with Gasteiger partial charge in [-0.2, -0.15) is 5.10 Å². The van der Waals surface area contributed by atoms with Crippen molar-refractivity contribution < 1.29 is 18.7 Å². The number of nitrogens with one attached hydrogen (secondary N) is 2. The summed E-state index contributed by atoms with van der Waals surface area (Å²) >= 11 is 0. The first kappa shape index (κ1) is 18.9. The molecule has 2 N–H and O–H groups in total. The average molecular weight is 374 g/mol. The summed E-state index contributed by atoms with van der Waals surface area (Å²) in [4.78, 5) is 24.2. The van der Waals surface area contributed by atoms with Crippen molar-refractivity contribution in [3.8, 4) is 0 Å². The number of aromatic nitrogens is 2. The minimum Gasteiger partial charge on any atom is -0.444 e. The Balaban J connectivity index is 1.66. The summed E-state index contributed by atoms with van der Waals surface area (Å²) in [6.07, 6.45) is 3.35. The van der Waals surface area contributed by atoms with Gasteiger partial charge >= 0.3 is 6.09 Å².